The molecule has 2 amide bonds. The van der Waals surface area contributed by atoms with Crippen molar-refractivity contribution in [3.63, 3.8) is 0 Å². The number of hydrogen-bond donors (Lipinski definition) is 3. The molecule has 0 saturated heterocycles. The van der Waals surface area contributed by atoms with Gasteiger partial charge in [0.1, 0.15) is 0 Å². The monoisotopic (exact) mass is 634 g/mol. The molecule has 0 aliphatic heterocycles. The van der Waals surface area contributed by atoms with Crippen molar-refractivity contribution < 1.29 is 19.5 Å². The Morgan fingerprint density at radius 2 is 1.29 bits per heavy atom. The number of benzene rings is 3. The number of carboxylic acid groups (broad SMARTS) is 1. The highest BCUT2D eigenvalue weighted by atomic mass is 79.9. The maximum Gasteiger partial charge on any atom is 0.338 e. The van der Waals surface area contributed by atoms with Gasteiger partial charge >= 0.3 is 5.97 Å². The molecule has 1 unspecified atom stereocenters. The van der Waals surface area contributed by atoms with Gasteiger partial charge < -0.3 is 15.7 Å². The first-order chi connectivity index (χ1) is 16.5. The molecule has 0 radical (unpaired) electrons. The highest BCUT2D eigenvalue weighted by Gasteiger charge is 2.29. The number of carbonyl (C=O) groups is 3. The van der Waals surface area contributed by atoms with Gasteiger partial charge in [-0.1, -0.05) is 62.3 Å². The summed E-state index contributed by atoms with van der Waals surface area (Å²) in [6.45, 7) is 1.78. The van der Waals surface area contributed by atoms with Crippen molar-refractivity contribution in [3.05, 3.63) is 84.2 Å². The molecule has 3 aromatic rings. The van der Waals surface area contributed by atoms with Crippen molar-refractivity contribution in [2.75, 3.05) is 10.6 Å². The van der Waals surface area contributed by atoms with Crippen LogP contribution in [0.25, 0.3) is 0 Å². The van der Waals surface area contributed by atoms with E-state index in [0.29, 0.717) is 11.4 Å². The minimum Gasteiger partial charge on any atom is -0.478 e. The summed E-state index contributed by atoms with van der Waals surface area (Å²) in [6, 6.07) is 13.9. The van der Waals surface area contributed by atoms with E-state index < -0.39 is 28.3 Å². The normalized spacial score (nSPS) is 11.6. The van der Waals surface area contributed by atoms with Crippen LogP contribution in [-0.2, 0) is 4.79 Å². The summed E-state index contributed by atoms with van der Waals surface area (Å²) in [7, 11) is 0. The molecular weight excluding hydrogens is 622 g/mol. The SMILES string of the molecule is CC(Sc1ccc(NC(=O)c2c(Cl)c(Cl)c(Cl)c(Cl)c2C(=O)O)cc1)C(=O)Nc1ccc(Br)cc1. The van der Waals surface area contributed by atoms with Gasteiger partial charge in [-0.25, -0.2) is 4.79 Å². The smallest absolute Gasteiger partial charge is 0.338 e. The Hall–Kier alpha value is -1.94. The van der Waals surface area contributed by atoms with Crippen LogP contribution in [0.1, 0.15) is 27.6 Å². The zero-order chi connectivity index (χ0) is 25.9. The van der Waals surface area contributed by atoms with E-state index in [2.05, 4.69) is 26.6 Å². The molecule has 0 aliphatic rings. The Balaban J connectivity index is 1.71. The Morgan fingerprint density at radius 3 is 1.83 bits per heavy atom. The van der Waals surface area contributed by atoms with E-state index in [1.54, 1.807) is 43.3 Å². The fraction of sp³-hybridized carbons (Fsp3) is 0.0870. The Labute approximate surface area is 233 Å². The van der Waals surface area contributed by atoms with Gasteiger partial charge in [-0.05, 0) is 55.5 Å². The number of carboxylic acids is 1. The van der Waals surface area contributed by atoms with Crippen molar-refractivity contribution in [3.8, 4) is 0 Å². The third kappa shape index (κ3) is 6.64. The van der Waals surface area contributed by atoms with Gasteiger partial charge in [0, 0.05) is 20.7 Å². The molecule has 0 heterocycles. The molecule has 6 nitrogen and oxygen atoms in total. The second kappa shape index (κ2) is 11.9. The summed E-state index contributed by atoms with van der Waals surface area (Å²) in [5.74, 6) is -2.47. The Bertz CT molecular complexity index is 1300. The van der Waals surface area contributed by atoms with Crippen LogP contribution in [-0.4, -0.2) is 28.1 Å². The number of thioether (sulfide) groups is 1. The van der Waals surface area contributed by atoms with Gasteiger partial charge in [0.15, 0.2) is 0 Å². The number of halogens is 5. The van der Waals surface area contributed by atoms with Gasteiger partial charge in [-0.2, -0.15) is 0 Å². The van der Waals surface area contributed by atoms with E-state index in [-0.39, 0.29) is 26.0 Å². The molecule has 3 rings (SSSR count). The van der Waals surface area contributed by atoms with Crippen molar-refractivity contribution in [1.82, 2.24) is 0 Å². The zero-order valence-electron chi connectivity index (χ0n) is 17.7. The maximum absolute atomic E-state index is 12.8. The van der Waals surface area contributed by atoms with Crippen LogP contribution in [0.4, 0.5) is 11.4 Å². The predicted molar refractivity (Wildman–Crippen MR) is 146 cm³/mol. The summed E-state index contributed by atoms with van der Waals surface area (Å²) in [4.78, 5) is 37.8. The van der Waals surface area contributed by atoms with Gasteiger partial charge in [-0.15, -0.1) is 11.8 Å². The number of hydrogen-bond acceptors (Lipinski definition) is 4. The standard InChI is InChI=1S/C23H15BrCl4N2O4S/c1-10(21(31)29-12-4-2-11(24)3-5-12)35-14-8-6-13(7-9-14)30-22(32)15-16(23(33)34)18(26)20(28)19(27)17(15)25/h2-10H,1H3,(H,29,31)(H,30,32)(H,33,34). The summed E-state index contributed by atoms with van der Waals surface area (Å²) in [6.07, 6.45) is 0. The van der Waals surface area contributed by atoms with E-state index in [1.807, 2.05) is 12.1 Å². The van der Waals surface area contributed by atoms with Crippen molar-refractivity contribution in [2.45, 2.75) is 17.1 Å². The molecule has 0 spiro atoms. The van der Waals surface area contributed by atoms with E-state index in [1.165, 1.54) is 11.8 Å². The molecule has 0 aliphatic carbocycles. The summed E-state index contributed by atoms with van der Waals surface area (Å²) in [5.41, 5.74) is 0.0861. The van der Waals surface area contributed by atoms with Gasteiger partial charge in [0.2, 0.25) is 5.91 Å². The van der Waals surface area contributed by atoms with E-state index in [4.69, 9.17) is 46.4 Å². The summed E-state index contributed by atoms with van der Waals surface area (Å²) >= 11 is 28.7. The van der Waals surface area contributed by atoms with Gasteiger partial charge in [-0.3, -0.25) is 9.59 Å². The zero-order valence-corrected chi connectivity index (χ0v) is 23.1. The van der Waals surface area contributed by atoms with Crippen LogP contribution in [0.5, 0.6) is 0 Å². The van der Waals surface area contributed by atoms with E-state index in [9.17, 15) is 19.5 Å². The molecule has 182 valence electrons. The number of aromatic carboxylic acids is 1. The average Bonchev–Trinajstić information content (AvgIpc) is 2.82. The van der Waals surface area contributed by atoms with Crippen LogP contribution < -0.4 is 10.6 Å². The molecule has 3 N–H and O–H groups in total. The minimum atomic E-state index is -1.48. The topological polar surface area (TPSA) is 95.5 Å². The average molecular weight is 637 g/mol. The number of nitrogens with one attached hydrogen (secondary N) is 2. The van der Waals surface area contributed by atoms with Crippen LogP contribution in [0.2, 0.25) is 20.1 Å². The fourth-order valence-corrected chi connectivity index (χ4v) is 5.04. The summed E-state index contributed by atoms with van der Waals surface area (Å²) < 4.78 is 0.911. The van der Waals surface area contributed by atoms with Crippen LogP contribution in [0.15, 0.2) is 57.9 Å². The third-order valence-electron chi connectivity index (χ3n) is 4.61. The molecule has 0 aromatic heterocycles. The molecule has 35 heavy (non-hydrogen) atoms. The molecule has 1 atom stereocenters. The van der Waals surface area contributed by atoms with Gasteiger partial charge in [0.05, 0.1) is 36.5 Å². The predicted octanol–water partition coefficient (Wildman–Crippen LogP) is 8.13. The molecule has 3 aromatic carbocycles. The highest BCUT2D eigenvalue weighted by Crippen LogP contribution is 2.42. The molecular formula is C23H15BrCl4N2O4S. The molecule has 0 fully saturated rings. The van der Waals surface area contributed by atoms with Crippen molar-refractivity contribution in [2.24, 2.45) is 0 Å². The van der Waals surface area contributed by atoms with E-state index >= 15 is 0 Å². The van der Waals surface area contributed by atoms with Crippen molar-refractivity contribution >= 4 is 103 Å². The number of amides is 2. The quantitative estimate of drug-likeness (QED) is 0.138. The van der Waals surface area contributed by atoms with Crippen LogP contribution in [0.3, 0.4) is 0 Å². The van der Waals surface area contributed by atoms with E-state index in [0.717, 1.165) is 9.37 Å². The van der Waals surface area contributed by atoms with Gasteiger partial charge in [0.25, 0.3) is 5.91 Å². The lowest BCUT2D eigenvalue weighted by molar-refractivity contribution is -0.115. The lowest BCUT2D eigenvalue weighted by Gasteiger charge is -2.15. The molecule has 0 saturated carbocycles. The lowest BCUT2D eigenvalue weighted by Crippen LogP contribution is -2.22. The lowest BCUT2D eigenvalue weighted by atomic mass is 10.1. The first-order valence-corrected chi connectivity index (χ1v) is 12.9. The number of anilines is 2. The Morgan fingerprint density at radius 1 is 0.800 bits per heavy atom. The molecule has 0 bridgehead atoms. The van der Waals surface area contributed by atoms with Crippen molar-refractivity contribution in [1.29, 1.82) is 0 Å². The van der Waals surface area contributed by atoms with Crippen LogP contribution in [0, 0.1) is 0 Å². The second-order valence-corrected chi connectivity index (χ2v) is 10.9. The number of rotatable bonds is 7. The second-order valence-electron chi connectivity index (χ2n) is 7.05. The maximum atomic E-state index is 12.8. The fourth-order valence-electron chi connectivity index (χ4n) is 2.89. The van der Waals surface area contributed by atoms with Crippen LogP contribution >= 0.6 is 74.1 Å². The minimum absolute atomic E-state index is 0.165. The highest BCUT2D eigenvalue weighted by molar-refractivity contribution is 9.10. The first-order valence-electron chi connectivity index (χ1n) is 9.73. The molecule has 12 heteroatoms. The number of carbonyl (C=O) groups excluding carboxylic acids is 2. The Kier molecular flexibility index (Phi) is 9.37. The first kappa shape index (κ1) is 27.6. The summed E-state index contributed by atoms with van der Waals surface area (Å²) in [5, 5.41) is 13.3. The largest absolute Gasteiger partial charge is 0.478 e. The third-order valence-corrected chi connectivity index (χ3v) is 8.06.